The van der Waals surface area contributed by atoms with Gasteiger partial charge in [0.1, 0.15) is 5.75 Å². The van der Waals surface area contributed by atoms with E-state index >= 15 is 0 Å². The Balaban J connectivity index is 2.45. The predicted octanol–water partition coefficient (Wildman–Crippen LogP) is 3.12. The molecule has 0 bridgehead atoms. The van der Waals surface area contributed by atoms with Crippen molar-refractivity contribution in [2.45, 2.75) is 26.8 Å². The monoisotopic (exact) mass is 278 g/mol. The molecule has 0 unspecified atom stereocenters. The summed E-state index contributed by atoms with van der Waals surface area (Å²) >= 11 is 0. The Hall–Kier alpha value is -1.27. The van der Waals surface area contributed by atoms with E-state index in [0.717, 1.165) is 5.56 Å². The van der Waals surface area contributed by atoms with Crippen LogP contribution in [0.15, 0.2) is 24.3 Å². The quantitative estimate of drug-likeness (QED) is 0.869. The van der Waals surface area contributed by atoms with E-state index in [0.29, 0.717) is 6.61 Å². The van der Waals surface area contributed by atoms with Crippen LogP contribution in [0.25, 0.3) is 0 Å². The lowest BCUT2D eigenvalue weighted by Gasteiger charge is -2.21. The lowest BCUT2D eigenvalue weighted by Crippen LogP contribution is -2.23. The topological polar surface area (TPSA) is 38.7 Å². The van der Waals surface area contributed by atoms with Crippen molar-refractivity contribution in [3.8, 4) is 5.75 Å². The Bertz CT molecular complexity index is 385. The first-order valence-electron chi connectivity index (χ1n) is 5.75. The molecule has 19 heavy (non-hydrogen) atoms. The highest BCUT2D eigenvalue weighted by molar-refractivity contribution is 5.27. The molecule has 0 amide bonds. The molecule has 3 nitrogen and oxygen atoms in total. The molecule has 1 aromatic rings. The summed E-state index contributed by atoms with van der Waals surface area (Å²) in [6.07, 6.45) is -4.68. The molecule has 0 aromatic heterocycles. The van der Waals surface area contributed by atoms with Gasteiger partial charge in [0.2, 0.25) is 0 Å². The first-order chi connectivity index (χ1) is 8.72. The molecule has 0 saturated carbocycles. The van der Waals surface area contributed by atoms with Crippen molar-refractivity contribution >= 4 is 0 Å². The van der Waals surface area contributed by atoms with Crippen molar-refractivity contribution in [1.29, 1.82) is 0 Å². The molecule has 1 aromatic carbocycles. The van der Waals surface area contributed by atoms with Crippen molar-refractivity contribution in [2.24, 2.45) is 5.41 Å². The SMILES string of the molecule is CC(C)(CO)COCc1ccc(OC(F)(F)F)cc1. The minimum atomic E-state index is -4.68. The summed E-state index contributed by atoms with van der Waals surface area (Å²) in [5.41, 5.74) is 0.405. The molecule has 0 fully saturated rings. The first kappa shape index (κ1) is 15.8. The van der Waals surface area contributed by atoms with Crippen molar-refractivity contribution in [3.63, 3.8) is 0 Å². The van der Waals surface area contributed by atoms with E-state index < -0.39 is 6.36 Å². The number of aliphatic hydroxyl groups excluding tert-OH is 1. The average molecular weight is 278 g/mol. The Morgan fingerprint density at radius 3 is 2.16 bits per heavy atom. The smallest absolute Gasteiger partial charge is 0.406 e. The summed E-state index contributed by atoms with van der Waals surface area (Å²) < 4.78 is 45.0. The predicted molar refractivity (Wildman–Crippen MR) is 63.6 cm³/mol. The summed E-state index contributed by atoms with van der Waals surface area (Å²) in [6, 6.07) is 5.49. The highest BCUT2D eigenvalue weighted by Crippen LogP contribution is 2.23. The number of hydrogen-bond donors (Lipinski definition) is 1. The molecule has 0 aliphatic carbocycles. The molecular formula is C13H17F3O3. The fourth-order valence-corrected chi connectivity index (χ4v) is 1.28. The molecule has 0 atom stereocenters. The third-order valence-electron chi connectivity index (χ3n) is 2.35. The second-order valence-corrected chi connectivity index (χ2v) is 5.01. The molecule has 0 radical (unpaired) electrons. The Morgan fingerprint density at radius 2 is 1.68 bits per heavy atom. The minimum Gasteiger partial charge on any atom is -0.406 e. The standard InChI is InChI=1S/C13H17F3O3/c1-12(2,8-17)9-18-7-10-3-5-11(6-4-10)19-13(14,15)16/h3-6,17H,7-9H2,1-2H3. The number of ether oxygens (including phenoxy) is 2. The van der Waals surface area contributed by atoms with E-state index in [2.05, 4.69) is 4.74 Å². The van der Waals surface area contributed by atoms with Gasteiger partial charge in [0.05, 0.1) is 19.8 Å². The second kappa shape index (κ2) is 6.25. The molecule has 0 aliphatic heterocycles. The zero-order valence-corrected chi connectivity index (χ0v) is 10.8. The van der Waals surface area contributed by atoms with E-state index in [1.165, 1.54) is 24.3 Å². The fraction of sp³-hybridized carbons (Fsp3) is 0.538. The summed E-state index contributed by atoms with van der Waals surface area (Å²) in [6.45, 7) is 4.35. The van der Waals surface area contributed by atoms with Gasteiger partial charge in [0, 0.05) is 5.41 Å². The van der Waals surface area contributed by atoms with Crippen molar-refractivity contribution < 1.29 is 27.8 Å². The average Bonchev–Trinajstić information content (AvgIpc) is 2.29. The van der Waals surface area contributed by atoms with E-state index in [4.69, 9.17) is 9.84 Å². The van der Waals surface area contributed by atoms with E-state index in [9.17, 15) is 13.2 Å². The van der Waals surface area contributed by atoms with Crippen LogP contribution >= 0.6 is 0 Å². The van der Waals surface area contributed by atoms with Gasteiger partial charge in [-0.05, 0) is 17.7 Å². The fourth-order valence-electron chi connectivity index (χ4n) is 1.28. The van der Waals surface area contributed by atoms with E-state index in [1.807, 2.05) is 13.8 Å². The maximum absolute atomic E-state index is 11.9. The summed E-state index contributed by atoms with van der Waals surface area (Å²) in [5.74, 6) is -0.257. The zero-order valence-electron chi connectivity index (χ0n) is 10.8. The molecule has 1 N–H and O–H groups in total. The normalized spacial score (nSPS) is 12.5. The van der Waals surface area contributed by atoms with Crippen LogP contribution in [-0.2, 0) is 11.3 Å². The van der Waals surface area contributed by atoms with Crippen LogP contribution in [0.4, 0.5) is 13.2 Å². The number of hydrogen-bond acceptors (Lipinski definition) is 3. The Labute approximate surface area is 110 Å². The molecule has 0 saturated heterocycles. The van der Waals surface area contributed by atoms with Crippen LogP contribution in [0.1, 0.15) is 19.4 Å². The largest absolute Gasteiger partial charge is 0.573 e. The highest BCUT2D eigenvalue weighted by Gasteiger charge is 2.30. The third-order valence-corrected chi connectivity index (χ3v) is 2.35. The van der Waals surface area contributed by atoms with Crippen LogP contribution in [0.2, 0.25) is 0 Å². The Morgan fingerprint density at radius 1 is 1.11 bits per heavy atom. The van der Waals surface area contributed by atoms with Crippen molar-refractivity contribution in [2.75, 3.05) is 13.2 Å². The number of halogens is 3. The van der Waals surface area contributed by atoms with Gasteiger partial charge < -0.3 is 14.6 Å². The van der Waals surface area contributed by atoms with Crippen LogP contribution in [0.5, 0.6) is 5.75 Å². The molecule has 0 aliphatic rings. The van der Waals surface area contributed by atoms with Gasteiger partial charge >= 0.3 is 6.36 Å². The third kappa shape index (κ3) is 6.45. The first-order valence-corrected chi connectivity index (χ1v) is 5.75. The van der Waals surface area contributed by atoms with Gasteiger partial charge in [0.25, 0.3) is 0 Å². The number of rotatable bonds is 6. The van der Waals surface area contributed by atoms with E-state index in [1.54, 1.807) is 0 Å². The van der Waals surface area contributed by atoms with Gasteiger partial charge in [-0.3, -0.25) is 0 Å². The molecule has 6 heteroatoms. The van der Waals surface area contributed by atoms with Crippen LogP contribution in [0.3, 0.4) is 0 Å². The number of alkyl halides is 3. The van der Waals surface area contributed by atoms with Crippen molar-refractivity contribution in [1.82, 2.24) is 0 Å². The zero-order chi connectivity index (χ0) is 14.5. The summed E-state index contributed by atoms with van der Waals surface area (Å²) in [7, 11) is 0. The summed E-state index contributed by atoms with van der Waals surface area (Å²) in [5, 5.41) is 9.03. The molecule has 108 valence electrons. The molecule has 0 heterocycles. The van der Waals surface area contributed by atoms with Gasteiger partial charge in [-0.15, -0.1) is 13.2 Å². The van der Waals surface area contributed by atoms with Crippen LogP contribution < -0.4 is 4.74 Å². The number of benzene rings is 1. The van der Waals surface area contributed by atoms with E-state index in [-0.39, 0.29) is 24.4 Å². The molecule has 0 spiro atoms. The van der Waals surface area contributed by atoms with Gasteiger partial charge in [-0.1, -0.05) is 26.0 Å². The van der Waals surface area contributed by atoms with Gasteiger partial charge in [-0.2, -0.15) is 0 Å². The van der Waals surface area contributed by atoms with Crippen LogP contribution in [0, 0.1) is 5.41 Å². The lowest BCUT2D eigenvalue weighted by molar-refractivity contribution is -0.274. The lowest BCUT2D eigenvalue weighted by atomic mass is 9.97. The minimum absolute atomic E-state index is 0.00532. The Kier molecular flexibility index (Phi) is 5.20. The number of aliphatic hydroxyl groups is 1. The van der Waals surface area contributed by atoms with Crippen molar-refractivity contribution in [3.05, 3.63) is 29.8 Å². The van der Waals surface area contributed by atoms with Gasteiger partial charge in [0.15, 0.2) is 0 Å². The van der Waals surface area contributed by atoms with Gasteiger partial charge in [-0.25, -0.2) is 0 Å². The maximum atomic E-state index is 11.9. The molecular weight excluding hydrogens is 261 g/mol. The van der Waals surface area contributed by atoms with Crippen LogP contribution in [-0.4, -0.2) is 24.7 Å². The maximum Gasteiger partial charge on any atom is 0.573 e. The molecule has 1 rings (SSSR count). The second-order valence-electron chi connectivity index (χ2n) is 5.01. The highest BCUT2D eigenvalue weighted by atomic mass is 19.4. The summed E-state index contributed by atoms with van der Waals surface area (Å²) in [4.78, 5) is 0.